The number of hydrogen-bond donors (Lipinski definition) is 2. The molecular formula is C19H18N2O5. The Morgan fingerprint density at radius 3 is 2.62 bits per heavy atom. The number of anilines is 2. The van der Waals surface area contributed by atoms with Gasteiger partial charge in [-0.15, -0.1) is 0 Å². The van der Waals surface area contributed by atoms with Crippen LogP contribution < -0.4 is 15.0 Å². The van der Waals surface area contributed by atoms with Crippen molar-refractivity contribution < 1.29 is 24.2 Å². The molecule has 0 aromatic heterocycles. The van der Waals surface area contributed by atoms with Crippen molar-refractivity contribution >= 4 is 29.2 Å². The molecule has 0 radical (unpaired) electrons. The fraction of sp³-hybridized carbons (Fsp3) is 0.211. The second-order valence-electron chi connectivity index (χ2n) is 5.99. The molecule has 0 saturated carbocycles. The number of carbonyl (C=O) groups excluding carboxylic acids is 2. The molecule has 2 N–H and O–H groups in total. The highest BCUT2D eigenvalue weighted by Gasteiger charge is 2.25. The Kier molecular flexibility index (Phi) is 4.88. The van der Waals surface area contributed by atoms with Crippen molar-refractivity contribution in [3.63, 3.8) is 0 Å². The van der Waals surface area contributed by atoms with Gasteiger partial charge in [-0.05, 0) is 48.9 Å². The zero-order valence-electron chi connectivity index (χ0n) is 14.2. The number of carbonyl (C=O) groups is 3. The van der Waals surface area contributed by atoms with Gasteiger partial charge in [0.05, 0.1) is 11.3 Å². The zero-order chi connectivity index (χ0) is 18.7. The number of carboxylic acid groups (broad SMARTS) is 1. The molecule has 2 aromatic rings. The average Bonchev–Trinajstić information content (AvgIpc) is 2.61. The van der Waals surface area contributed by atoms with E-state index in [0.29, 0.717) is 17.1 Å². The highest BCUT2D eigenvalue weighted by atomic mass is 16.5. The smallest absolute Gasteiger partial charge is 0.335 e. The minimum atomic E-state index is -1.03. The van der Waals surface area contributed by atoms with Crippen molar-refractivity contribution in [1.82, 2.24) is 0 Å². The van der Waals surface area contributed by atoms with E-state index in [1.807, 2.05) is 25.1 Å². The third kappa shape index (κ3) is 3.83. The molecule has 0 atom stereocenters. The predicted octanol–water partition coefficient (Wildman–Crippen LogP) is 2.45. The fourth-order valence-electron chi connectivity index (χ4n) is 2.69. The summed E-state index contributed by atoms with van der Waals surface area (Å²) in [6, 6.07) is 11.5. The van der Waals surface area contributed by atoms with Crippen LogP contribution in [0.1, 0.15) is 22.3 Å². The van der Waals surface area contributed by atoms with E-state index < -0.39 is 5.97 Å². The Hall–Kier alpha value is -3.35. The third-order valence-corrected chi connectivity index (χ3v) is 4.04. The lowest BCUT2D eigenvalue weighted by molar-refractivity contribution is -0.121. The van der Waals surface area contributed by atoms with Gasteiger partial charge in [0.1, 0.15) is 5.75 Å². The molecule has 0 aliphatic carbocycles. The van der Waals surface area contributed by atoms with Gasteiger partial charge in [-0.3, -0.25) is 9.59 Å². The first-order valence-corrected chi connectivity index (χ1v) is 8.11. The number of aromatic carboxylic acids is 1. The fourth-order valence-corrected chi connectivity index (χ4v) is 2.69. The van der Waals surface area contributed by atoms with Crippen molar-refractivity contribution in [2.24, 2.45) is 0 Å². The van der Waals surface area contributed by atoms with E-state index in [-0.39, 0.29) is 37.0 Å². The number of ether oxygens (including phenoxy) is 1. The zero-order valence-corrected chi connectivity index (χ0v) is 14.2. The van der Waals surface area contributed by atoms with E-state index in [1.54, 1.807) is 4.90 Å². The van der Waals surface area contributed by atoms with Crippen LogP contribution in [0.4, 0.5) is 11.4 Å². The highest BCUT2D eigenvalue weighted by molar-refractivity contribution is 5.99. The standard InChI is InChI=1S/C19H18N2O5/c1-12-2-7-16-15(10-12)21(18(23)11-26-16)9-8-17(22)20-14-5-3-13(4-6-14)19(24)25/h2-7,10H,8-9,11H2,1H3,(H,20,22)(H,24,25). The maximum atomic E-state index is 12.2. The SMILES string of the molecule is Cc1ccc2c(c1)N(CCC(=O)Nc1ccc(C(=O)O)cc1)C(=O)CO2. The minimum Gasteiger partial charge on any atom is -0.482 e. The van der Waals surface area contributed by atoms with E-state index in [0.717, 1.165) is 5.56 Å². The monoisotopic (exact) mass is 354 g/mol. The second kappa shape index (κ2) is 7.26. The number of nitrogens with one attached hydrogen (secondary N) is 1. The summed E-state index contributed by atoms with van der Waals surface area (Å²) >= 11 is 0. The van der Waals surface area contributed by atoms with E-state index in [2.05, 4.69) is 5.32 Å². The molecular weight excluding hydrogens is 336 g/mol. The van der Waals surface area contributed by atoms with Crippen LogP contribution >= 0.6 is 0 Å². The molecule has 2 aromatic carbocycles. The molecule has 2 amide bonds. The van der Waals surface area contributed by atoms with Crippen molar-refractivity contribution in [2.45, 2.75) is 13.3 Å². The molecule has 0 bridgehead atoms. The average molecular weight is 354 g/mol. The van der Waals surface area contributed by atoms with E-state index in [9.17, 15) is 14.4 Å². The summed E-state index contributed by atoms with van der Waals surface area (Å²) in [7, 11) is 0. The van der Waals surface area contributed by atoms with Gasteiger partial charge in [-0.2, -0.15) is 0 Å². The summed E-state index contributed by atoms with van der Waals surface area (Å²) in [4.78, 5) is 36.7. The lowest BCUT2D eigenvalue weighted by Gasteiger charge is -2.29. The molecule has 1 heterocycles. The molecule has 26 heavy (non-hydrogen) atoms. The first-order chi connectivity index (χ1) is 12.4. The number of fused-ring (bicyclic) bond motifs is 1. The van der Waals surface area contributed by atoms with Crippen molar-refractivity contribution in [2.75, 3.05) is 23.4 Å². The Balaban J connectivity index is 1.63. The summed E-state index contributed by atoms with van der Waals surface area (Å²) in [5.74, 6) is -0.856. The topological polar surface area (TPSA) is 95.9 Å². The molecule has 1 aliphatic rings. The van der Waals surface area contributed by atoms with Gasteiger partial charge in [0.2, 0.25) is 5.91 Å². The van der Waals surface area contributed by atoms with Crippen LogP contribution in [-0.4, -0.2) is 36.0 Å². The van der Waals surface area contributed by atoms with Crippen LogP contribution in [0.25, 0.3) is 0 Å². The second-order valence-corrected chi connectivity index (χ2v) is 5.99. The largest absolute Gasteiger partial charge is 0.482 e. The first-order valence-electron chi connectivity index (χ1n) is 8.11. The van der Waals surface area contributed by atoms with Gasteiger partial charge in [-0.25, -0.2) is 4.79 Å². The van der Waals surface area contributed by atoms with Crippen molar-refractivity contribution in [3.8, 4) is 5.75 Å². The molecule has 3 rings (SSSR count). The van der Waals surface area contributed by atoms with E-state index in [4.69, 9.17) is 9.84 Å². The van der Waals surface area contributed by atoms with Gasteiger partial charge in [0.25, 0.3) is 5.91 Å². The van der Waals surface area contributed by atoms with Crippen LogP contribution in [-0.2, 0) is 9.59 Å². The maximum absolute atomic E-state index is 12.2. The molecule has 0 saturated heterocycles. The lowest BCUT2D eigenvalue weighted by atomic mass is 10.1. The Bertz CT molecular complexity index is 861. The van der Waals surface area contributed by atoms with E-state index in [1.165, 1.54) is 24.3 Å². The van der Waals surface area contributed by atoms with Gasteiger partial charge < -0.3 is 20.1 Å². The number of nitrogens with zero attached hydrogens (tertiary/aromatic N) is 1. The number of carboxylic acids is 1. The Morgan fingerprint density at radius 2 is 1.92 bits per heavy atom. The number of amides is 2. The van der Waals surface area contributed by atoms with Crippen molar-refractivity contribution in [1.29, 1.82) is 0 Å². The normalized spacial score (nSPS) is 13.0. The molecule has 134 valence electrons. The van der Waals surface area contributed by atoms with Crippen LogP contribution in [0.5, 0.6) is 5.75 Å². The molecule has 0 fully saturated rings. The molecule has 0 spiro atoms. The highest BCUT2D eigenvalue weighted by Crippen LogP contribution is 2.32. The van der Waals surface area contributed by atoms with Crippen LogP contribution in [0.2, 0.25) is 0 Å². The third-order valence-electron chi connectivity index (χ3n) is 4.04. The summed E-state index contributed by atoms with van der Waals surface area (Å²) < 4.78 is 5.41. The summed E-state index contributed by atoms with van der Waals surface area (Å²) in [6.07, 6.45) is 0.111. The van der Waals surface area contributed by atoms with E-state index >= 15 is 0 Å². The molecule has 7 nitrogen and oxygen atoms in total. The number of rotatable bonds is 5. The summed E-state index contributed by atoms with van der Waals surface area (Å²) in [5.41, 5.74) is 2.31. The van der Waals surface area contributed by atoms with Gasteiger partial charge >= 0.3 is 5.97 Å². The summed E-state index contributed by atoms with van der Waals surface area (Å²) in [6.45, 7) is 2.11. The molecule has 7 heteroatoms. The Labute approximate surface area is 150 Å². The van der Waals surface area contributed by atoms with Crippen LogP contribution in [0.3, 0.4) is 0 Å². The molecule has 0 unspecified atom stereocenters. The molecule has 1 aliphatic heterocycles. The predicted molar refractivity (Wildman–Crippen MR) is 95.7 cm³/mol. The van der Waals surface area contributed by atoms with Gasteiger partial charge in [0.15, 0.2) is 6.61 Å². The number of benzene rings is 2. The quantitative estimate of drug-likeness (QED) is 0.860. The Morgan fingerprint density at radius 1 is 1.19 bits per heavy atom. The maximum Gasteiger partial charge on any atom is 0.335 e. The minimum absolute atomic E-state index is 0.0473. The van der Waals surface area contributed by atoms with Crippen molar-refractivity contribution in [3.05, 3.63) is 53.6 Å². The number of hydrogen-bond acceptors (Lipinski definition) is 4. The summed E-state index contributed by atoms with van der Waals surface area (Å²) in [5, 5.41) is 11.6. The van der Waals surface area contributed by atoms with Crippen LogP contribution in [0.15, 0.2) is 42.5 Å². The first kappa shape index (κ1) is 17.5. The van der Waals surface area contributed by atoms with Gasteiger partial charge in [0, 0.05) is 18.7 Å². The van der Waals surface area contributed by atoms with Crippen LogP contribution in [0, 0.1) is 6.92 Å². The lowest BCUT2D eigenvalue weighted by Crippen LogP contribution is -2.40. The number of aryl methyl sites for hydroxylation is 1. The van der Waals surface area contributed by atoms with Gasteiger partial charge in [-0.1, -0.05) is 6.07 Å².